The molecule has 0 spiro atoms. The maximum atomic E-state index is 10.5. The molecular weight excluding hydrogens is 239 g/mol. The number of nitrogens with one attached hydrogen (secondary N) is 1. The first-order chi connectivity index (χ1) is 9.22. The Hall–Kier alpha value is -2.86. The third-order valence-corrected chi connectivity index (χ3v) is 2.65. The minimum absolute atomic E-state index is 0.221. The summed E-state index contributed by atoms with van der Waals surface area (Å²) in [5.41, 5.74) is 1.05. The molecule has 6 heteroatoms. The smallest absolute Gasteiger partial charge is 0.208 e. The molecule has 1 heterocycles. The number of nitriles is 1. The maximum absolute atomic E-state index is 10.5. The van der Waals surface area contributed by atoms with Gasteiger partial charge in [-0.1, -0.05) is 18.1 Å². The highest BCUT2D eigenvalue weighted by molar-refractivity contribution is 6.37. The van der Waals surface area contributed by atoms with Gasteiger partial charge in [0.05, 0.1) is 6.07 Å². The molecule has 0 aliphatic rings. The molecular formula is C13H7BN4O. The number of hydrogen-bond donors (Lipinski definition) is 1. The van der Waals surface area contributed by atoms with Crippen LogP contribution >= 0.6 is 0 Å². The van der Waals surface area contributed by atoms with Crippen molar-refractivity contribution in [3.63, 3.8) is 0 Å². The van der Waals surface area contributed by atoms with Crippen LogP contribution in [0.1, 0.15) is 17.3 Å². The number of amides is 1. The van der Waals surface area contributed by atoms with Crippen LogP contribution in [0, 0.1) is 23.7 Å². The minimum Gasteiger partial charge on any atom is -0.338 e. The first-order valence-electron chi connectivity index (χ1n) is 5.33. The number of terminal acetylenes is 1. The Balaban J connectivity index is 2.83. The summed E-state index contributed by atoms with van der Waals surface area (Å²) < 4.78 is 0. The summed E-state index contributed by atoms with van der Waals surface area (Å²) in [7, 11) is 5.75. The van der Waals surface area contributed by atoms with E-state index in [1.807, 2.05) is 6.07 Å². The summed E-state index contributed by atoms with van der Waals surface area (Å²) in [6.07, 6.45) is 5.87. The van der Waals surface area contributed by atoms with Crippen molar-refractivity contribution in [1.29, 1.82) is 5.26 Å². The van der Waals surface area contributed by atoms with Crippen LogP contribution < -0.4 is 10.9 Å². The summed E-state index contributed by atoms with van der Waals surface area (Å²) in [5.74, 6) is 2.51. The average molecular weight is 246 g/mol. The summed E-state index contributed by atoms with van der Waals surface area (Å²) in [5, 5.41) is 20.3. The maximum Gasteiger partial charge on any atom is 0.208 e. The Kier molecular flexibility index (Phi) is 3.45. The lowest BCUT2D eigenvalue weighted by Gasteiger charge is -2.12. The highest BCUT2D eigenvalue weighted by Crippen LogP contribution is 2.23. The highest BCUT2D eigenvalue weighted by atomic mass is 16.1. The Morgan fingerprint density at radius 1 is 1.47 bits per heavy atom. The van der Waals surface area contributed by atoms with E-state index in [9.17, 15) is 4.79 Å². The molecule has 1 unspecified atom stereocenters. The predicted octanol–water partition coefficient (Wildman–Crippen LogP) is -0.284. The van der Waals surface area contributed by atoms with Crippen molar-refractivity contribution in [2.24, 2.45) is 0 Å². The predicted molar refractivity (Wildman–Crippen MR) is 70.4 cm³/mol. The van der Waals surface area contributed by atoms with Crippen LogP contribution in [0.3, 0.4) is 0 Å². The van der Waals surface area contributed by atoms with Crippen LogP contribution in [0.2, 0.25) is 0 Å². The lowest BCUT2D eigenvalue weighted by atomic mass is 9.93. The molecule has 0 saturated heterocycles. The van der Waals surface area contributed by atoms with E-state index < -0.39 is 6.04 Å². The van der Waals surface area contributed by atoms with E-state index in [1.54, 1.807) is 18.2 Å². The fourth-order valence-corrected chi connectivity index (χ4v) is 1.82. The van der Waals surface area contributed by atoms with E-state index >= 15 is 0 Å². The monoisotopic (exact) mass is 246 g/mol. The number of carbonyl (C=O) groups is 1. The van der Waals surface area contributed by atoms with Crippen LogP contribution in [0.5, 0.6) is 0 Å². The molecule has 2 rings (SSSR count). The molecule has 1 aromatic heterocycles. The van der Waals surface area contributed by atoms with E-state index in [4.69, 9.17) is 19.5 Å². The van der Waals surface area contributed by atoms with Gasteiger partial charge in [-0.2, -0.15) is 15.5 Å². The molecule has 19 heavy (non-hydrogen) atoms. The van der Waals surface area contributed by atoms with Crippen molar-refractivity contribution < 1.29 is 4.79 Å². The van der Waals surface area contributed by atoms with Gasteiger partial charge in [0.15, 0.2) is 6.04 Å². The first kappa shape index (κ1) is 12.6. The van der Waals surface area contributed by atoms with Gasteiger partial charge < -0.3 is 5.32 Å². The van der Waals surface area contributed by atoms with E-state index in [0.29, 0.717) is 22.7 Å². The molecule has 88 valence electrons. The third-order valence-electron chi connectivity index (χ3n) is 2.65. The Bertz CT molecular complexity index is 730. The Morgan fingerprint density at radius 3 is 2.89 bits per heavy atom. The largest absolute Gasteiger partial charge is 0.338 e. The molecule has 1 atom stereocenters. The lowest BCUT2D eigenvalue weighted by molar-refractivity contribution is -0.109. The van der Waals surface area contributed by atoms with Crippen molar-refractivity contribution in [2.45, 2.75) is 6.04 Å². The highest BCUT2D eigenvalue weighted by Gasteiger charge is 2.18. The van der Waals surface area contributed by atoms with Gasteiger partial charge in [0.2, 0.25) is 6.41 Å². The second-order valence-electron chi connectivity index (χ2n) is 3.69. The third kappa shape index (κ3) is 2.12. The second kappa shape index (κ2) is 5.20. The Labute approximate surface area is 111 Å². The summed E-state index contributed by atoms with van der Waals surface area (Å²) >= 11 is 0. The standard InChI is InChI=1S/C13H7BN4O/c1-2-8-4-3-5-9-11(8)12(17-18-13(9)14)10(6-15)16-7-19/h1,3-5,7,10H,(H,16,19). The number of fused-ring (bicyclic) bond motifs is 1. The topological polar surface area (TPSA) is 78.7 Å². The molecule has 1 N–H and O–H groups in total. The fourth-order valence-electron chi connectivity index (χ4n) is 1.82. The summed E-state index contributed by atoms with van der Waals surface area (Å²) in [6.45, 7) is 0. The quantitative estimate of drug-likeness (QED) is 0.458. The molecule has 0 aliphatic carbocycles. The number of carbonyl (C=O) groups excluding carboxylic acids is 1. The van der Waals surface area contributed by atoms with Crippen LogP contribution in [0.25, 0.3) is 10.8 Å². The van der Waals surface area contributed by atoms with Crippen LogP contribution in [0.15, 0.2) is 18.2 Å². The number of hydrogen-bond acceptors (Lipinski definition) is 4. The van der Waals surface area contributed by atoms with E-state index in [1.165, 1.54) is 0 Å². The van der Waals surface area contributed by atoms with Gasteiger partial charge >= 0.3 is 0 Å². The molecule has 0 aliphatic heterocycles. The van der Waals surface area contributed by atoms with E-state index in [-0.39, 0.29) is 11.3 Å². The molecule has 1 aromatic carbocycles. The number of nitrogens with zero attached hydrogens (tertiary/aromatic N) is 3. The Morgan fingerprint density at radius 2 is 2.26 bits per heavy atom. The van der Waals surface area contributed by atoms with Crippen LogP contribution in [-0.2, 0) is 4.79 Å². The lowest BCUT2D eigenvalue weighted by Crippen LogP contribution is -2.23. The minimum atomic E-state index is -0.928. The average Bonchev–Trinajstić information content (AvgIpc) is 2.45. The number of rotatable bonds is 3. The van der Waals surface area contributed by atoms with Crippen LogP contribution in [0.4, 0.5) is 0 Å². The molecule has 5 nitrogen and oxygen atoms in total. The zero-order valence-electron chi connectivity index (χ0n) is 9.79. The SMILES string of the molecule is [B]c1nnc(C(C#N)NC=O)c2c(C#C)cccc12. The van der Waals surface area contributed by atoms with Gasteiger partial charge in [-0.3, -0.25) is 4.79 Å². The molecule has 0 fully saturated rings. The van der Waals surface area contributed by atoms with E-state index in [0.717, 1.165) is 0 Å². The molecule has 0 bridgehead atoms. The molecule has 0 saturated carbocycles. The van der Waals surface area contributed by atoms with Crippen molar-refractivity contribution in [3.05, 3.63) is 29.5 Å². The molecule has 2 radical (unpaired) electrons. The van der Waals surface area contributed by atoms with Crippen molar-refractivity contribution in [2.75, 3.05) is 0 Å². The summed E-state index contributed by atoms with van der Waals surface area (Å²) in [4.78, 5) is 10.5. The van der Waals surface area contributed by atoms with Gasteiger partial charge in [0.1, 0.15) is 13.5 Å². The zero-order chi connectivity index (χ0) is 13.8. The summed E-state index contributed by atoms with van der Waals surface area (Å²) in [6, 6.07) is 6.19. The molecule has 1 amide bonds. The van der Waals surface area contributed by atoms with Crippen molar-refractivity contribution in [1.82, 2.24) is 15.5 Å². The van der Waals surface area contributed by atoms with Gasteiger partial charge in [-0.25, -0.2) is 0 Å². The van der Waals surface area contributed by atoms with Gasteiger partial charge in [-0.05, 0) is 11.5 Å². The van der Waals surface area contributed by atoms with Gasteiger partial charge in [0.25, 0.3) is 0 Å². The van der Waals surface area contributed by atoms with Gasteiger partial charge in [-0.15, -0.1) is 6.42 Å². The fraction of sp³-hybridized carbons (Fsp3) is 0.0769. The molecule has 2 aromatic rings. The van der Waals surface area contributed by atoms with Gasteiger partial charge in [0, 0.05) is 16.5 Å². The van der Waals surface area contributed by atoms with Crippen molar-refractivity contribution in [3.8, 4) is 18.4 Å². The van der Waals surface area contributed by atoms with Crippen molar-refractivity contribution >= 4 is 30.6 Å². The zero-order valence-corrected chi connectivity index (χ0v) is 9.79. The number of benzene rings is 1. The first-order valence-corrected chi connectivity index (χ1v) is 5.33. The normalized spacial score (nSPS) is 11.3. The second-order valence-corrected chi connectivity index (χ2v) is 3.69. The van der Waals surface area contributed by atoms with Crippen LogP contribution in [-0.4, -0.2) is 24.5 Å². The van der Waals surface area contributed by atoms with E-state index in [2.05, 4.69) is 21.4 Å². The number of aromatic nitrogens is 2.